The number of hydrazine groups is 1. The third kappa shape index (κ3) is 5.31. The lowest BCUT2D eigenvalue weighted by Crippen LogP contribution is -2.53. The number of hydrogen-bond donors (Lipinski definition) is 3. The molecule has 3 N–H and O–H groups in total. The van der Waals surface area contributed by atoms with Gasteiger partial charge in [-0.2, -0.15) is 0 Å². The predicted molar refractivity (Wildman–Crippen MR) is 144 cm³/mol. The van der Waals surface area contributed by atoms with Crippen LogP contribution in [-0.2, 0) is 6.42 Å². The van der Waals surface area contributed by atoms with E-state index in [0.717, 1.165) is 16.3 Å². The van der Waals surface area contributed by atoms with E-state index in [9.17, 15) is 14.4 Å². The van der Waals surface area contributed by atoms with E-state index < -0.39 is 6.04 Å². The molecule has 0 fully saturated rings. The number of amides is 3. The number of nitrogens with zero attached hydrogens (tertiary/aromatic N) is 2. The zero-order chi connectivity index (χ0) is 25.8. The minimum absolute atomic E-state index is 0.107. The fraction of sp³-hybridized carbons (Fsp3) is 0.107. The molecule has 9 heteroatoms. The summed E-state index contributed by atoms with van der Waals surface area (Å²) in [6.07, 6.45) is 3.90. The first-order chi connectivity index (χ1) is 18.0. The summed E-state index contributed by atoms with van der Waals surface area (Å²) in [6, 6.07) is 23.2. The highest BCUT2D eigenvalue weighted by molar-refractivity contribution is 7.80. The first-order valence-electron chi connectivity index (χ1n) is 11.7. The Hall–Kier alpha value is -4.63. The van der Waals surface area contributed by atoms with Crippen molar-refractivity contribution >= 4 is 45.8 Å². The molecule has 5 rings (SSSR count). The number of nitrogens with one attached hydrogen (secondary N) is 3. The number of thiocarbonyl (C=S) groups is 1. The van der Waals surface area contributed by atoms with Crippen LogP contribution in [0.2, 0.25) is 0 Å². The third-order valence-electron chi connectivity index (χ3n) is 6.13. The first kappa shape index (κ1) is 24.1. The van der Waals surface area contributed by atoms with Gasteiger partial charge in [0.25, 0.3) is 17.7 Å². The van der Waals surface area contributed by atoms with E-state index in [4.69, 9.17) is 12.2 Å². The normalized spacial score (nSPS) is 13.2. The van der Waals surface area contributed by atoms with Gasteiger partial charge in [-0.1, -0.05) is 48.5 Å². The number of benzene rings is 3. The van der Waals surface area contributed by atoms with E-state index in [1.54, 1.807) is 48.8 Å². The van der Waals surface area contributed by atoms with Gasteiger partial charge in [-0.25, -0.2) is 0 Å². The largest absolute Gasteiger partial charge is 0.356 e. The van der Waals surface area contributed by atoms with Gasteiger partial charge >= 0.3 is 0 Å². The monoisotopic (exact) mass is 509 g/mol. The summed E-state index contributed by atoms with van der Waals surface area (Å²) in [5.41, 5.74) is 7.59. The van der Waals surface area contributed by atoms with Crippen LogP contribution in [0.4, 0.5) is 0 Å². The second kappa shape index (κ2) is 10.5. The van der Waals surface area contributed by atoms with Crippen LogP contribution in [0.5, 0.6) is 0 Å². The predicted octanol–water partition coefficient (Wildman–Crippen LogP) is 3.25. The van der Waals surface area contributed by atoms with Gasteiger partial charge in [-0.15, -0.1) is 0 Å². The number of fused-ring (bicyclic) bond motifs is 2. The minimum Gasteiger partial charge on any atom is -0.356 e. The third-order valence-corrected chi connectivity index (χ3v) is 6.35. The molecule has 0 spiro atoms. The summed E-state index contributed by atoms with van der Waals surface area (Å²) in [5, 5.41) is 5.14. The molecule has 0 saturated heterocycles. The molecule has 0 bridgehead atoms. The maximum atomic E-state index is 12.9. The van der Waals surface area contributed by atoms with Gasteiger partial charge in [0.2, 0.25) is 0 Å². The van der Waals surface area contributed by atoms with Gasteiger partial charge in [0.15, 0.2) is 5.11 Å². The smallest absolute Gasteiger partial charge is 0.269 e. The molecule has 1 aliphatic rings. The molecule has 0 saturated carbocycles. The standard InChI is InChI=1S/C28H23N5O3S/c34-25(20-10-11-21-16-29-13-12-19(21)15-20)31-32-28(37)30-22(14-18-6-2-1-3-7-18)17-33-26(35)23-8-4-5-9-24(23)27(33)36/h1-13,15-16,22H,14,17H2,(H,31,34)(H2,30,32,37). The second-order valence-electron chi connectivity index (χ2n) is 8.64. The SMILES string of the molecule is O=C(NNC(=S)NC(Cc1ccccc1)CN1C(=O)c2ccccc2C1=O)c1ccc2cnccc2c1. The molecule has 0 radical (unpaired) electrons. The number of imide groups is 1. The topological polar surface area (TPSA) is 103 Å². The van der Waals surface area contributed by atoms with Crippen molar-refractivity contribution in [1.82, 2.24) is 26.1 Å². The van der Waals surface area contributed by atoms with Crippen molar-refractivity contribution in [2.75, 3.05) is 6.54 Å². The molecule has 1 aliphatic heterocycles. The number of carbonyl (C=O) groups is 3. The van der Waals surface area contributed by atoms with Gasteiger partial charge in [-0.3, -0.25) is 35.1 Å². The maximum absolute atomic E-state index is 12.9. The van der Waals surface area contributed by atoms with Crippen molar-refractivity contribution in [3.8, 4) is 0 Å². The van der Waals surface area contributed by atoms with Crippen molar-refractivity contribution in [3.05, 3.63) is 114 Å². The highest BCUT2D eigenvalue weighted by Gasteiger charge is 2.36. The van der Waals surface area contributed by atoms with Crippen LogP contribution < -0.4 is 16.2 Å². The molecule has 37 heavy (non-hydrogen) atoms. The molecular weight excluding hydrogens is 486 g/mol. The summed E-state index contributed by atoms with van der Waals surface area (Å²) >= 11 is 5.43. The lowest BCUT2D eigenvalue weighted by Gasteiger charge is -2.25. The Kier molecular flexibility index (Phi) is 6.87. The molecule has 4 aromatic rings. The van der Waals surface area contributed by atoms with Crippen LogP contribution in [0.15, 0.2) is 91.3 Å². The van der Waals surface area contributed by atoms with Crippen LogP contribution in [0.3, 0.4) is 0 Å². The fourth-order valence-electron chi connectivity index (χ4n) is 4.32. The minimum atomic E-state index is -0.394. The van der Waals surface area contributed by atoms with E-state index in [1.807, 2.05) is 42.5 Å². The average Bonchev–Trinajstić information content (AvgIpc) is 3.17. The average molecular weight is 510 g/mol. The Morgan fingerprint density at radius 2 is 1.57 bits per heavy atom. The highest BCUT2D eigenvalue weighted by Crippen LogP contribution is 2.23. The van der Waals surface area contributed by atoms with Crippen molar-refractivity contribution < 1.29 is 14.4 Å². The number of carbonyl (C=O) groups excluding carboxylic acids is 3. The van der Waals surface area contributed by atoms with Gasteiger partial charge in [-0.05, 0) is 59.9 Å². The molecule has 3 amide bonds. The Bertz CT molecular complexity index is 1470. The molecule has 2 heterocycles. The van der Waals surface area contributed by atoms with E-state index in [-0.39, 0.29) is 29.4 Å². The van der Waals surface area contributed by atoms with E-state index >= 15 is 0 Å². The molecule has 3 aromatic carbocycles. The Labute approximate surface area is 218 Å². The molecule has 1 unspecified atom stereocenters. The summed E-state index contributed by atoms with van der Waals surface area (Å²) in [7, 11) is 0. The molecule has 184 valence electrons. The zero-order valence-electron chi connectivity index (χ0n) is 19.7. The van der Waals surface area contributed by atoms with Crippen molar-refractivity contribution in [3.63, 3.8) is 0 Å². The quantitative estimate of drug-likeness (QED) is 0.208. The summed E-state index contributed by atoms with van der Waals surface area (Å²) in [4.78, 5) is 43.8. The number of hydrogen-bond acceptors (Lipinski definition) is 5. The molecular formula is C28H23N5O3S. The zero-order valence-corrected chi connectivity index (χ0v) is 20.5. The Balaban J connectivity index is 1.26. The van der Waals surface area contributed by atoms with Gasteiger partial charge in [0.05, 0.1) is 17.2 Å². The van der Waals surface area contributed by atoms with Gasteiger partial charge in [0.1, 0.15) is 0 Å². The molecule has 1 aromatic heterocycles. The van der Waals surface area contributed by atoms with E-state index in [2.05, 4.69) is 21.2 Å². The van der Waals surface area contributed by atoms with Crippen molar-refractivity contribution in [2.45, 2.75) is 12.5 Å². The number of rotatable bonds is 6. The lowest BCUT2D eigenvalue weighted by molar-refractivity contribution is 0.0641. The highest BCUT2D eigenvalue weighted by atomic mass is 32.1. The Morgan fingerprint density at radius 3 is 2.30 bits per heavy atom. The van der Waals surface area contributed by atoms with Crippen LogP contribution in [0.1, 0.15) is 36.6 Å². The maximum Gasteiger partial charge on any atom is 0.269 e. The summed E-state index contributed by atoms with van der Waals surface area (Å²) in [6.45, 7) is 0.107. The van der Waals surface area contributed by atoms with Crippen LogP contribution in [0.25, 0.3) is 10.8 Å². The van der Waals surface area contributed by atoms with Crippen molar-refractivity contribution in [1.29, 1.82) is 0 Å². The molecule has 8 nitrogen and oxygen atoms in total. The number of aromatic nitrogens is 1. The number of pyridine rings is 1. The second-order valence-corrected chi connectivity index (χ2v) is 9.05. The fourth-order valence-corrected chi connectivity index (χ4v) is 4.53. The van der Waals surface area contributed by atoms with E-state index in [0.29, 0.717) is 23.1 Å². The van der Waals surface area contributed by atoms with Gasteiger partial charge < -0.3 is 5.32 Å². The lowest BCUT2D eigenvalue weighted by atomic mass is 10.1. The first-order valence-corrected chi connectivity index (χ1v) is 12.1. The van der Waals surface area contributed by atoms with Crippen LogP contribution in [0, 0.1) is 0 Å². The van der Waals surface area contributed by atoms with Gasteiger partial charge in [0, 0.05) is 29.9 Å². The summed E-state index contributed by atoms with van der Waals surface area (Å²) in [5.74, 6) is -1.03. The van der Waals surface area contributed by atoms with Crippen molar-refractivity contribution in [2.24, 2.45) is 0 Å². The summed E-state index contributed by atoms with van der Waals surface area (Å²) < 4.78 is 0. The van der Waals surface area contributed by atoms with Crippen LogP contribution in [-0.4, -0.2) is 45.3 Å². The van der Waals surface area contributed by atoms with E-state index in [1.165, 1.54) is 4.90 Å². The molecule has 1 atom stereocenters. The molecule has 0 aliphatic carbocycles. The Morgan fingerprint density at radius 1 is 0.865 bits per heavy atom. The van der Waals surface area contributed by atoms with Crippen LogP contribution >= 0.6 is 12.2 Å².